The van der Waals surface area contributed by atoms with E-state index in [-0.39, 0.29) is 24.5 Å². The van der Waals surface area contributed by atoms with Crippen LogP contribution in [0.25, 0.3) is 11.5 Å². The molecule has 0 aliphatic carbocycles. The molecule has 1 N–H and O–H groups in total. The number of hydrogen-bond acceptors (Lipinski definition) is 6. The fourth-order valence-corrected chi connectivity index (χ4v) is 2.82. The lowest BCUT2D eigenvalue weighted by Gasteiger charge is -2.15. The maximum atomic E-state index is 12.2. The molecule has 7 nitrogen and oxygen atoms in total. The molecule has 1 aromatic heterocycles. The molecule has 0 unspecified atom stereocenters. The van der Waals surface area contributed by atoms with E-state index in [9.17, 15) is 4.79 Å². The van der Waals surface area contributed by atoms with Crippen molar-refractivity contribution in [3.05, 3.63) is 59.9 Å². The predicted molar refractivity (Wildman–Crippen MR) is 113 cm³/mol. The van der Waals surface area contributed by atoms with Crippen LogP contribution >= 0.6 is 0 Å². The highest BCUT2D eigenvalue weighted by atomic mass is 16.5. The summed E-state index contributed by atoms with van der Waals surface area (Å²) in [7, 11) is 0. The molecule has 3 rings (SSSR count). The van der Waals surface area contributed by atoms with Crippen molar-refractivity contribution >= 4 is 5.91 Å². The third-order valence-corrected chi connectivity index (χ3v) is 4.50. The van der Waals surface area contributed by atoms with Gasteiger partial charge in [0.2, 0.25) is 0 Å². The summed E-state index contributed by atoms with van der Waals surface area (Å²) < 4.78 is 16.3. The molecule has 3 aromatic rings. The van der Waals surface area contributed by atoms with Crippen LogP contribution in [0.3, 0.4) is 0 Å². The monoisotopic (exact) mass is 409 g/mol. The second kappa shape index (κ2) is 9.91. The first-order valence-corrected chi connectivity index (χ1v) is 10.0. The van der Waals surface area contributed by atoms with Gasteiger partial charge in [0.25, 0.3) is 11.8 Å². The summed E-state index contributed by atoms with van der Waals surface area (Å²) in [6.45, 7) is 8.44. The van der Waals surface area contributed by atoms with E-state index in [4.69, 9.17) is 14.0 Å². The number of aromatic nitrogens is 2. The van der Waals surface area contributed by atoms with E-state index in [2.05, 4.69) is 15.5 Å². The van der Waals surface area contributed by atoms with Crippen molar-refractivity contribution in [1.29, 1.82) is 0 Å². The predicted octanol–water partition coefficient (Wildman–Crippen LogP) is 4.51. The van der Waals surface area contributed by atoms with Gasteiger partial charge in [-0.2, -0.15) is 4.98 Å². The lowest BCUT2D eigenvalue weighted by molar-refractivity contribution is -0.123. The second-order valence-electron chi connectivity index (χ2n) is 7.22. The molecular formula is C23H27N3O4. The van der Waals surface area contributed by atoms with Crippen molar-refractivity contribution in [1.82, 2.24) is 15.5 Å². The van der Waals surface area contributed by atoms with Gasteiger partial charge >= 0.3 is 0 Å². The molecule has 158 valence electrons. The fraction of sp³-hybridized carbons (Fsp3) is 0.348. The highest BCUT2D eigenvalue weighted by Crippen LogP contribution is 2.23. The summed E-state index contributed by atoms with van der Waals surface area (Å²) in [6, 6.07) is 14.7. The molecule has 0 aliphatic rings. The number of amides is 1. The van der Waals surface area contributed by atoms with Crippen LogP contribution in [0.4, 0.5) is 0 Å². The van der Waals surface area contributed by atoms with E-state index in [1.165, 1.54) is 0 Å². The lowest BCUT2D eigenvalue weighted by Crippen LogP contribution is -2.31. The first-order chi connectivity index (χ1) is 14.5. The van der Waals surface area contributed by atoms with Gasteiger partial charge in [-0.1, -0.05) is 31.1 Å². The van der Waals surface area contributed by atoms with E-state index < -0.39 is 0 Å². The van der Waals surface area contributed by atoms with Crippen LogP contribution in [0.15, 0.2) is 53.1 Å². The second-order valence-corrected chi connectivity index (χ2v) is 7.22. The van der Waals surface area contributed by atoms with Crippen molar-refractivity contribution in [2.75, 3.05) is 13.2 Å². The number of benzene rings is 2. The van der Waals surface area contributed by atoms with Crippen molar-refractivity contribution in [2.24, 2.45) is 0 Å². The molecule has 0 saturated heterocycles. The van der Waals surface area contributed by atoms with Crippen molar-refractivity contribution in [2.45, 2.75) is 39.7 Å². The quantitative estimate of drug-likeness (QED) is 0.559. The molecule has 1 amide bonds. The Morgan fingerprint density at radius 3 is 2.23 bits per heavy atom. The van der Waals surface area contributed by atoms with E-state index in [0.29, 0.717) is 24.1 Å². The average molecular weight is 409 g/mol. The standard InChI is InChI=1S/C23H27N3O4/c1-5-28-19-10-6-17(7-11-19)16(4)24-21(27)14-29-20-12-8-18(9-13-20)23-25-22(15(2)3)26-30-23/h6-13,15-16H,5,14H2,1-4H3,(H,24,27)/t16-/m0/s1. The number of ether oxygens (including phenoxy) is 2. The fourth-order valence-electron chi connectivity index (χ4n) is 2.82. The highest BCUT2D eigenvalue weighted by molar-refractivity contribution is 5.78. The Morgan fingerprint density at radius 2 is 1.63 bits per heavy atom. The van der Waals surface area contributed by atoms with Gasteiger partial charge < -0.3 is 19.3 Å². The number of nitrogens with zero attached hydrogens (tertiary/aromatic N) is 2. The molecule has 0 saturated carbocycles. The van der Waals surface area contributed by atoms with Gasteiger partial charge in [0.15, 0.2) is 12.4 Å². The molecule has 0 fully saturated rings. The minimum atomic E-state index is -0.195. The van der Waals surface area contributed by atoms with Crippen LogP contribution in [0.2, 0.25) is 0 Å². The summed E-state index contributed by atoms with van der Waals surface area (Å²) >= 11 is 0. The Labute approximate surface area is 176 Å². The van der Waals surface area contributed by atoms with Gasteiger partial charge in [0.1, 0.15) is 11.5 Å². The van der Waals surface area contributed by atoms with E-state index in [0.717, 1.165) is 16.9 Å². The Morgan fingerprint density at radius 1 is 1.00 bits per heavy atom. The third kappa shape index (κ3) is 5.59. The van der Waals surface area contributed by atoms with Crippen LogP contribution in [0, 0.1) is 0 Å². The number of nitrogens with one attached hydrogen (secondary N) is 1. The smallest absolute Gasteiger partial charge is 0.258 e. The summed E-state index contributed by atoms with van der Waals surface area (Å²) in [5.41, 5.74) is 1.80. The largest absolute Gasteiger partial charge is 0.494 e. The third-order valence-electron chi connectivity index (χ3n) is 4.50. The zero-order valence-electron chi connectivity index (χ0n) is 17.7. The van der Waals surface area contributed by atoms with Crippen molar-refractivity contribution in [3.63, 3.8) is 0 Å². The summed E-state index contributed by atoms with van der Waals surface area (Å²) in [5, 5.41) is 6.89. The van der Waals surface area contributed by atoms with Gasteiger partial charge in [-0.3, -0.25) is 4.79 Å². The van der Waals surface area contributed by atoms with Gasteiger partial charge in [-0.05, 0) is 55.8 Å². The minimum absolute atomic E-state index is 0.0707. The maximum Gasteiger partial charge on any atom is 0.258 e. The summed E-state index contributed by atoms with van der Waals surface area (Å²) in [5.74, 6) is 2.54. The SMILES string of the molecule is CCOc1ccc([C@H](C)NC(=O)COc2ccc(-c3nc(C(C)C)no3)cc2)cc1. The number of carbonyl (C=O) groups is 1. The normalized spacial score (nSPS) is 11.9. The molecule has 0 spiro atoms. The molecule has 0 aliphatic heterocycles. The van der Waals surface area contributed by atoms with Gasteiger partial charge in [0.05, 0.1) is 12.6 Å². The van der Waals surface area contributed by atoms with Crippen LogP contribution in [0.5, 0.6) is 11.5 Å². The molecule has 7 heteroatoms. The number of rotatable bonds is 9. The zero-order valence-corrected chi connectivity index (χ0v) is 17.7. The van der Waals surface area contributed by atoms with Gasteiger partial charge in [0, 0.05) is 11.5 Å². The van der Waals surface area contributed by atoms with Crippen molar-refractivity contribution < 1.29 is 18.8 Å². The molecule has 0 bridgehead atoms. The van der Waals surface area contributed by atoms with E-state index in [1.807, 2.05) is 64.1 Å². The first-order valence-electron chi connectivity index (χ1n) is 10.0. The molecule has 1 heterocycles. The number of hydrogen-bond donors (Lipinski definition) is 1. The maximum absolute atomic E-state index is 12.2. The van der Waals surface area contributed by atoms with Crippen LogP contribution in [-0.2, 0) is 4.79 Å². The van der Waals surface area contributed by atoms with E-state index in [1.54, 1.807) is 12.1 Å². The topological polar surface area (TPSA) is 86.5 Å². The summed E-state index contributed by atoms with van der Waals surface area (Å²) in [4.78, 5) is 16.6. The van der Waals surface area contributed by atoms with Gasteiger partial charge in [-0.15, -0.1) is 0 Å². The van der Waals surface area contributed by atoms with Crippen LogP contribution in [0.1, 0.15) is 51.0 Å². The Kier molecular flexibility index (Phi) is 7.06. The molecule has 1 atom stereocenters. The Hall–Kier alpha value is -3.35. The van der Waals surface area contributed by atoms with Crippen LogP contribution < -0.4 is 14.8 Å². The minimum Gasteiger partial charge on any atom is -0.494 e. The molecular weight excluding hydrogens is 382 g/mol. The lowest BCUT2D eigenvalue weighted by atomic mass is 10.1. The zero-order chi connectivity index (χ0) is 21.5. The average Bonchev–Trinajstić information content (AvgIpc) is 3.24. The molecule has 0 radical (unpaired) electrons. The number of carbonyl (C=O) groups excluding carboxylic acids is 1. The van der Waals surface area contributed by atoms with Crippen LogP contribution in [-0.4, -0.2) is 29.3 Å². The molecule has 2 aromatic carbocycles. The molecule has 30 heavy (non-hydrogen) atoms. The van der Waals surface area contributed by atoms with Crippen molar-refractivity contribution in [3.8, 4) is 23.0 Å². The first kappa shape index (κ1) is 21.4. The van der Waals surface area contributed by atoms with E-state index >= 15 is 0 Å². The summed E-state index contributed by atoms with van der Waals surface area (Å²) in [6.07, 6.45) is 0. The highest BCUT2D eigenvalue weighted by Gasteiger charge is 2.13. The Balaban J connectivity index is 1.50. The van der Waals surface area contributed by atoms with Gasteiger partial charge in [-0.25, -0.2) is 0 Å². The Bertz CT molecular complexity index is 949.